The van der Waals surface area contributed by atoms with E-state index < -0.39 is 0 Å². The van der Waals surface area contributed by atoms with E-state index in [-0.39, 0.29) is 10.8 Å². The Morgan fingerprint density at radius 2 is 1.88 bits per heavy atom. The number of hydrogen-bond acceptors (Lipinski definition) is 4. The maximum Gasteiger partial charge on any atom is 0.154 e. The highest BCUT2D eigenvalue weighted by atomic mass is 35.5. The average Bonchev–Trinajstić information content (AvgIpc) is 2.28. The Kier molecular flexibility index (Phi) is 3.57. The topological polar surface area (TPSA) is 63.8 Å². The molecule has 0 radical (unpaired) electrons. The van der Waals surface area contributed by atoms with E-state index in [9.17, 15) is 0 Å². The van der Waals surface area contributed by atoms with Crippen molar-refractivity contribution in [2.45, 2.75) is 0 Å². The van der Waals surface area contributed by atoms with Gasteiger partial charge in [-0.1, -0.05) is 34.8 Å². The molecule has 17 heavy (non-hydrogen) atoms. The molecule has 0 saturated carbocycles. The Bertz CT molecular complexity index is 559. The number of anilines is 3. The van der Waals surface area contributed by atoms with Gasteiger partial charge >= 0.3 is 0 Å². The Balaban J connectivity index is 2.35. The predicted molar refractivity (Wildman–Crippen MR) is 71.2 cm³/mol. The summed E-state index contributed by atoms with van der Waals surface area (Å²) in [5.41, 5.74) is 6.19. The highest BCUT2D eigenvalue weighted by Crippen LogP contribution is 2.31. The number of halogens is 3. The number of nitrogen functional groups attached to an aromatic ring is 1. The second-order valence-corrected chi connectivity index (χ2v) is 4.39. The van der Waals surface area contributed by atoms with Gasteiger partial charge in [0, 0.05) is 5.02 Å². The first-order chi connectivity index (χ1) is 8.08. The van der Waals surface area contributed by atoms with Gasteiger partial charge in [0.1, 0.15) is 17.2 Å². The number of nitrogens with one attached hydrogen (secondary N) is 1. The lowest BCUT2D eigenvalue weighted by molar-refractivity contribution is 1.18. The van der Waals surface area contributed by atoms with Gasteiger partial charge in [0.15, 0.2) is 5.82 Å². The van der Waals surface area contributed by atoms with Crippen LogP contribution in [0.25, 0.3) is 0 Å². The molecule has 0 aliphatic heterocycles. The molecule has 3 N–H and O–H groups in total. The molecule has 0 aliphatic rings. The molecular formula is C10H7Cl3N4. The fraction of sp³-hybridized carbons (Fsp3) is 0. The Morgan fingerprint density at radius 1 is 1.12 bits per heavy atom. The zero-order valence-corrected chi connectivity index (χ0v) is 10.7. The summed E-state index contributed by atoms with van der Waals surface area (Å²) >= 11 is 17.7. The predicted octanol–water partition coefficient (Wildman–Crippen LogP) is 3.76. The van der Waals surface area contributed by atoms with Crippen molar-refractivity contribution in [3.8, 4) is 0 Å². The summed E-state index contributed by atoms with van der Waals surface area (Å²) in [6.45, 7) is 0. The van der Waals surface area contributed by atoms with Gasteiger partial charge in [-0.2, -0.15) is 0 Å². The highest BCUT2D eigenvalue weighted by molar-refractivity contribution is 6.37. The van der Waals surface area contributed by atoms with E-state index in [4.69, 9.17) is 40.5 Å². The van der Waals surface area contributed by atoms with E-state index in [1.165, 1.54) is 6.33 Å². The van der Waals surface area contributed by atoms with Gasteiger partial charge in [-0.3, -0.25) is 0 Å². The number of aromatic nitrogens is 2. The molecule has 0 amide bonds. The smallest absolute Gasteiger partial charge is 0.154 e. The summed E-state index contributed by atoms with van der Waals surface area (Å²) in [7, 11) is 0. The lowest BCUT2D eigenvalue weighted by Crippen LogP contribution is -1.99. The van der Waals surface area contributed by atoms with Gasteiger partial charge in [0.25, 0.3) is 0 Å². The molecule has 2 aromatic rings. The van der Waals surface area contributed by atoms with Crippen molar-refractivity contribution in [1.82, 2.24) is 9.97 Å². The van der Waals surface area contributed by atoms with Crippen molar-refractivity contribution >= 4 is 52.1 Å². The molecular weight excluding hydrogens is 282 g/mol. The summed E-state index contributed by atoms with van der Waals surface area (Å²) in [6.07, 6.45) is 1.31. The minimum Gasteiger partial charge on any atom is -0.382 e. The van der Waals surface area contributed by atoms with Crippen LogP contribution in [0.2, 0.25) is 15.1 Å². The third-order valence-electron chi connectivity index (χ3n) is 2.00. The Labute approximate surface area is 113 Å². The normalized spacial score (nSPS) is 10.3. The SMILES string of the molecule is Nc1ncnc(Nc2ccc(Cl)cc2Cl)c1Cl. The molecule has 0 atom stereocenters. The maximum atomic E-state index is 6.01. The van der Waals surface area contributed by atoms with Gasteiger partial charge in [0.05, 0.1) is 10.7 Å². The molecule has 88 valence electrons. The lowest BCUT2D eigenvalue weighted by Gasteiger charge is -2.09. The van der Waals surface area contributed by atoms with Crippen LogP contribution in [0.4, 0.5) is 17.3 Å². The summed E-state index contributed by atoms with van der Waals surface area (Å²) in [5, 5.41) is 4.22. The van der Waals surface area contributed by atoms with E-state index in [2.05, 4.69) is 15.3 Å². The average molecular weight is 290 g/mol. The van der Waals surface area contributed by atoms with E-state index >= 15 is 0 Å². The standard InChI is InChI=1S/C10H7Cl3N4/c11-5-1-2-7(6(12)3-5)17-10-8(13)9(14)15-4-16-10/h1-4H,(H3,14,15,16,17). The zero-order chi connectivity index (χ0) is 12.4. The van der Waals surface area contributed by atoms with Crippen LogP contribution in [-0.2, 0) is 0 Å². The third-order valence-corrected chi connectivity index (χ3v) is 2.92. The quantitative estimate of drug-likeness (QED) is 0.883. The zero-order valence-electron chi connectivity index (χ0n) is 8.42. The summed E-state index contributed by atoms with van der Waals surface area (Å²) < 4.78 is 0. The minimum atomic E-state index is 0.203. The van der Waals surface area contributed by atoms with E-state index in [1.54, 1.807) is 18.2 Å². The second kappa shape index (κ2) is 4.96. The minimum absolute atomic E-state index is 0.203. The van der Waals surface area contributed by atoms with E-state index in [1.807, 2.05) is 0 Å². The van der Waals surface area contributed by atoms with Crippen LogP contribution in [-0.4, -0.2) is 9.97 Å². The van der Waals surface area contributed by atoms with Gasteiger partial charge in [0.2, 0.25) is 0 Å². The monoisotopic (exact) mass is 288 g/mol. The van der Waals surface area contributed by atoms with Crippen molar-refractivity contribution < 1.29 is 0 Å². The lowest BCUT2D eigenvalue weighted by atomic mass is 10.3. The van der Waals surface area contributed by atoms with E-state index in [0.29, 0.717) is 21.6 Å². The molecule has 0 fully saturated rings. The van der Waals surface area contributed by atoms with Gasteiger partial charge in [-0.15, -0.1) is 0 Å². The fourth-order valence-electron chi connectivity index (χ4n) is 1.19. The van der Waals surface area contributed by atoms with Crippen molar-refractivity contribution in [2.75, 3.05) is 11.1 Å². The van der Waals surface area contributed by atoms with Crippen LogP contribution in [0, 0.1) is 0 Å². The van der Waals surface area contributed by atoms with Crippen LogP contribution in [0.5, 0.6) is 0 Å². The molecule has 1 aromatic carbocycles. The number of rotatable bonds is 2. The third kappa shape index (κ3) is 2.72. The van der Waals surface area contributed by atoms with E-state index in [0.717, 1.165) is 0 Å². The molecule has 0 aliphatic carbocycles. The number of hydrogen-bond donors (Lipinski definition) is 2. The summed E-state index contributed by atoms with van der Waals surface area (Å²) in [4.78, 5) is 7.73. The van der Waals surface area contributed by atoms with Crippen molar-refractivity contribution in [1.29, 1.82) is 0 Å². The molecule has 1 aromatic heterocycles. The molecule has 2 rings (SSSR count). The first kappa shape index (κ1) is 12.2. The number of benzene rings is 1. The van der Waals surface area contributed by atoms with Crippen LogP contribution >= 0.6 is 34.8 Å². The van der Waals surface area contributed by atoms with Gasteiger partial charge in [-0.25, -0.2) is 9.97 Å². The fourth-order valence-corrected chi connectivity index (χ4v) is 1.79. The van der Waals surface area contributed by atoms with Crippen LogP contribution in [0.3, 0.4) is 0 Å². The van der Waals surface area contributed by atoms with Crippen LogP contribution < -0.4 is 11.1 Å². The summed E-state index contributed by atoms with van der Waals surface area (Å²) in [6, 6.07) is 5.04. The summed E-state index contributed by atoms with van der Waals surface area (Å²) in [5.74, 6) is 0.595. The maximum absolute atomic E-state index is 6.01. The molecule has 0 saturated heterocycles. The molecule has 0 unspecified atom stereocenters. The molecule has 0 spiro atoms. The first-order valence-electron chi connectivity index (χ1n) is 4.56. The highest BCUT2D eigenvalue weighted by Gasteiger charge is 2.08. The largest absolute Gasteiger partial charge is 0.382 e. The number of nitrogens with two attached hydrogens (primary N) is 1. The van der Waals surface area contributed by atoms with Crippen LogP contribution in [0.15, 0.2) is 24.5 Å². The molecule has 7 heteroatoms. The van der Waals surface area contributed by atoms with Crippen molar-refractivity contribution in [3.63, 3.8) is 0 Å². The molecule has 0 bridgehead atoms. The molecule has 1 heterocycles. The number of nitrogens with zero attached hydrogens (tertiary/aromatic N) is 2. The van der Waals surface area contributed by atoms with Crippen LogP contribution in [0.1, 0.15) is 0 Å². The first-order valence-corrected chi connectivity index (χ1v) is 5.69. The van der Waals surface area contributed by atoms with Crippen molar-refractivity contribution in [2.24, 2.45) is 0 Å². The second-order valence-electron chi connectivity index (χ2n) is 3.17. The Morgan fingerprint density at radius 3 is 2.59 bits per heavy atom. The van der Waals surface area contributed by atoms with Crippen molar-refractivity contribution in [3.05, 3.63) is 39.6 Å². The Hall–Kier alpha value is -1.23. The van der Waals surface area contributed by atoms with Gasteiger partial charge < -0.3 is 11.1 Å². The molecule has 4 nitrogen and oxygen atoms in total. The van der Waals surface area contributed by atoms with Gasteiger partial charge in [-0.05, 0) is 18.2 Å².